The van der Waals surface area contributed by atoms with Crippen molar-refractivity contribution in [3.63, 3.8) is 0 Å². The van der Waals surface area contributed by atoms with Gasteiger partial charge in [0.25, 0.3) is 0 Å². The molecule has 114 valence electrons. The first-order chi connectivity index (χ1) is 10.1. The van der Waals surface area contributed by atoms with Crippen molar-refractivity contribution in [3.8, 4) is 0 Å². The number of nitrogens with one attached hydrogen (secondary N) is 1. The summed E-state index contributed by atoms with van der Waals surface area (Å²) < 4.78 is 0. The van der Waals surface area contributed by atoms with E-state index in [9.17, 15) is 4.79 Å². The predicted octanol–water partition coefficient (Wildman–Crippen LogP) is 1.65. The number of benzene rings is 1. The molecule has 0 aromatic heterocycles. The summed E-state index contributed by atoms with van der Waals surface area (Å²) >= 11 is 0. The van der Waals surface area contributed by atoms with E-state index in [1.54, 1.807) is 6.92 Å². The molecular formula is C17H25N3O. The minimum Gasteiger partial charge on any atom is -0.352 e. The molecule has 21 heavy (non-hydrogen) atoms. The van der Waals surface area contributed by atoms with Gasteiger partial charge in [0.15, 0.2) is 0 Å². The van der Waals surface area contributed by atoms with Crippen molar-refractivity contribution in [3.05, 3.63) is 35.9 Å². The topological polar surface area (TPSA) is 58.4 Å². The monoisotopic (exact) mass is 287 g/mol. The number of rotatable bonds is 4. The number of fused-ring (bicyclic) bond motifs is 2. The zero-order chi connectivity index (χ0) is 14.8. The first kappa shape index (κ1) is 14.5. The van der Waals surface area contributed by atoms with E-state index in [0.29, 0.717) is 18.1 Å². The van der Waals surface area contributed by atoms with E-state index in [0.717, 1.165) is 19.4 Å². The van der Waals surface area contributed by atoms with E-state index in [-0.39, 0.29) is 5.91 Å². The van der Waals surface area contributed by atoms with Crippen LogP contribution in [0.25, 0.3) is 0 Å². The Morgan fingerprint density at radius 2 is 1.90 bits per heavy atom. The number of carbonyl (C=O) groups is 1. The van der Waals surface area contributed by atoms with E-state index in [4.69, 9.17) is 5.73 Å². The van der Waals surface area contributed by atoms with Crippen LogP contribution in [0, 0.1) is 0 Å². The van der Waals surface area contributed by atoms with Gasteiger partial charge >= 0.3 is 0 Å². The molecule has 1 aromatic carbocycles. The normalized spacial score (nSPS) is 30.1. The number of piperidine rings is 1. The van der Waals surface area contributed by atoms with E-state index in [1.807, 2.05) is 0 Å². The summed E-state index contributed by atoms with van der Waals surface area (Å²) in [5.41, 5.74) is 7.03. The van der Waals surface area contributed by atoms with Crippen LogP contribution in [-0.2, 0) is 11.3 Å². The molecule has 2 fully saturated rings. The fourth-order valence-corrected chi connectivity index (χ4v) is 3.78. The third kappa shape index (κ3) is 3.27. The van der Waals surface area contributed by atoms with Crippen LogP contribution in [0.5, 0.6) is 0 Å². The Bertz CT molecular complexity index is 474. The van der Waals surface area contributed by atoms with Gasteiger partial charge in [-0.05, 0) is 38.2 Å². The standard InChI is InChI=1S/C17H25N3O/c1-12(18)17(21)19-14-9-15-7-8-16(10-14)20(15)11-13-5-3-2-4-6-13/h2-6,12,14-16H,7-11,18H2,1H3,(H,19,21). The van der Waals surface area contributed by atoms with Gasteiger partial charge in [-0.15, -0.1) is 0 Å². The lowest BCUT2D eigenvalue weighted by Crippen LogP contribution is -2.52. The number of carbonyl (C=O) groups excluding carboxylic acids is 1. The van der Waals surface area contributed by atoms with Gasteiger partial charge in [0, 0.05) is 24.7 Å². The molecule has 2 aliphatic rings. The first-order valence-corrected chi connectivity index (χ1v) is 7.99. The molecule has 3 unspecified atom stereocenters. The summed E-state index contributed by atoms with van der Waals surface area (Å²) in [5.74, 6) is -0.0177. The second-order valence-corrected chi connectivity index (χ2v) is 6.51. The lowest BCUT2D eigenvalue weighted by Gasteiger charge is -2.39. The molecule has 0 spiro atoms. The molecule has 3 rings (SSSR count). The largest absolute Gasteiger partial charge is 0.352 e. The Kier molecular flexibility index (Phi) is 4.27. The van der Waals surface area contributed by atoms with Crippen molar-refractivity contribution in [1.82, 2.24) is 10.2 Å². The van der Waals surface area contributed by atoms with Crippen LogP contribution in [0.1, 0.15) is 38.2 Å². The van der Waals surface area contributed by atoms with Crippen LogP contribution in [-0.4, -0.2) is 35.0 Å². The second-order valence-electron chi connectivity index (χ2n) is 6.51. The van der Waals surface area contributed by atoms with E-state index in [2.05, 4.69) is 40.5 Å². The van der Waals surface area contributed by atoms with Gasteiger partial charge in [0.05, 0.1) is 6.04 Å². The van der Waals surface area contributed by atoms with Crippen LogP contribution in [0.3, 0.4) is 0 Å². The second kappa shape index (κ2) is 6.16. The van der Waals surface area contributed by atoms with Gasteiger partial charge in [-0.1, -0.05) is 30.3 Å². The van der Waals surface area contributed by atoms with Crippen LogP contribution < -0.4 is 11.1 Å². The maximum Gasteiger partial charge on any atom is 0.236 e. The maximum atomic E-state index is 11.8. The van der Waals surface area contributed by atoms with Gasteiger partial charge in [0.1, 0.15) is 0 Å². The number of hydrogen-bond acceptors (Lipinski definition) is 3. The number of nitrogens with two attached hydrogens (primary N) is 1. The summed E-state index contributed by atoms with van der Waals surface area (Å²) in [6.07, 6.45) is 4.62. The van der Waals surface area contributed by atoms with Gasteiger partial charge in [-0.2, -0.15) is 0 Å². The zero-order valence-corrected chi connectivity index (χ0v) is 12.7. The summed E-state index contributed by atoms with van der Waals surface area (Å²) in [6, 6.07) is 11.8. The Balaban J connectivity index is 1.61. The van der Waals surface area contributed by atoms with Gasteiger partial charge in [-0.25, -0.2) is 0 Å². The van der Waals surface area contributed by atoms with Crippen molar-refractivity contribution in [2.24, 2.45) is 5.73 Å². The molecule has 3 N–H and O–H groups in total. The van der Waals surface area contributed by atoms with Gasteiger partial charge in [0.2, 0.25) is 5.91 Å². The zero-order valence-electron chi connectivity index (χ0n) is 12.7. The SMILES string of the molecule is CC(N)C(=O)NC1CC2CCC(C1)N2Cc1ccccc1. The summed E-state index contributed by atoms with van der Waals surface area (Å²) in [7, 11) is 0. The molecule has 2 bridgehead atoms. The van der Waals surface area contributed by atoms with Gasteiger partial charge in [-0.3, -0.25) is 9.69 Å². The lowest BCUT2D eigenvalue weighted by atomic mass is 9.96. The molecule has 0 saturated carbocycles. The number of nitrogens with zero attached hydrogens (tertiary/aromatic N) is 1. The Morgan fingerprint density at radius 3 is 2.48 bits per heavy atom. The van der Waals surface area contributed by atoms with Crippen molar-refractivity contribution in [1.29, 1.82) is 0 Å². The summed E-state index contributed by atoms with van der Waals surface area (Å²) in [6.45, 7) is 2.78. The highest BCUT2D eigenvalue weighted by Gasteiger charge is 2.40. The first-order valence-electron chi connectivity index (χ1n) is 7.99. The quantitative estimate of drug-likeness (QED) is 0.885. The summed E-state index contributed by atoms with van der Waals surface area (Å²) in [5, 5.41) is 3.11. The summed E-state index contributed by atoms with van der Waals surface area (Å²) in [4.78, 5) is 14.4. The molecule has 0 aliphatic carbocycles. The minimum absolute atomic E-state index is 0.0177. The van der Waals surface area contributed by atoms with Crippen molar-refractivity contribution in [2.75, 3.05) is 0 Å². The van der Waals surface area contributed by atoms with Gasteiger partial charge < -0.3 is 11.1 Å². The number of hydrogen-bond donors (Lipinski definition) is 2. The molecule has 3 atom stereocenters. The van der Waals surface area contributed by atoms with E-state index >= 15 is 0 Å². The van der Waals surface area contributed by atoms with Crippen LogP contribution in [0.15, 0.2) is 30.3 Å². The molecule has 2 heterocycles. The van der Waals surface area contributed by atoms with Crippen molar-refractivity contribution in [2.45, 2.75) is 63.3 Å². The molecule has 2 aliphatic heterocycles. The molecule has 0 radical (unpaired) electrons. The smallest absolute Gasteiger partial charge is 0.236 e. The maximum absolute atomic E-state index is 11.8. The Hall–Kier alpha value is -1.39. The number of amides is 1. The molecular weight excluding hydrogens is 262 g/mol. The Morgan fingerprint density at radius 1 is 1.29 bits per heavy atom. The third-order valence-electron chi connectivity index (χ3n) is 4.85. The minimum atomic E-state index is -0.412. The van der Waals surface area contributed by atoms with Crippen molar-refractivity contribution >= 4 is 5.91 Å². The molecule has 1 amide bonds. The average molecular weight is 287 g/mol. The van der Waals surface area contributed by atoms with Crippen LogP contribution in [0.4, 0.5) is 0 Å². The molecule has 4 heteroatoms. The predicted molar refractivity (Wildman–Crippen MR) is 83.6 cm³/mol. The molecule has 4 nitrogen and oxygen atoms in total. The van der Waals surface area contributed by atoms with Crippen LogP contribution >= 0.6 is 0 Å². The Labute approximate surface area is 126 Å². The van der Waals surface area contributed by atoms with Crippen LogP contribution in [0.2, 0.25) is 0 Å². The highest BCUT2D eigenvalue weighted by molar-refractivity contribution is 5.81. The highest BCUT2D eigenvalue weighted by Crippen LogP contribution is 2.36. The molecule has 1 aromatic rings. The van der Waals surface area contributed by atoms with E-state index < -0.39 is 6.04 Å². The van der Waals surface area contributed by atoms with Crippen molar-refractivity contribution < 1.29 is 4.79 Å². The average Bonchev–Trinajstić information content (AvgIpc) is 2.71. The molecule has 2 saturated heterocycles. The fourth-order valence-electron chi connectivity index (χ4n) is 3.78. The van der Waals surface area contributed by atoms with E-state index in [1.165, 1.54) is 18.4 Å². The fraction of sp³-hybridized carbons (Fsp3) is 0.588. The highest BCUT2D eigenvalue weighted by atomic mass is 16.2. The third-order valence-corrected chi connectivity index (χ3v) is 4.85. The lowest BCUT2D eigenvalue weighted by molar-refractivity contribution is -0.123.